The van der Waals surface area contributed by atoms with E-state index in [2.05, 4.69) is 0 Å². The smallest absolute Gasteiger partial charge is 0.326 e. The summed E-state index contributed by atoms with van der Waals surface area (Å²) in [5, 5.41) is 0.376. The standard InChI is InChI=1S/C25H24FN3O6S2/c26-24-21-10-17(19-12-28(13-19)36(31,32)20-8-9-20)6-7-18(21)11-22(35-15-16-4-2-1-3-5-16)25(24)29-14-23(30)27-37(29,33)34/h1-7,10-11,19-20H,8-9,12-15H2,(H,27,30). The third kappa shape index (κ3) is 4.32. The number of hydrogen-bond acceptors (Lipinski definition) is 6. The van der Waals surface area contributed by atoms with Crippen LogP contribution in [0.15, 0.2) is 54.6 Å². The molecule has 37 heavy (non-hydrogen) atoms. The van der Waals surface area contributed by atoms with Gasteiger partial charge in [-0.15, -0.1) is 0 Å². The number of rotatable bonds is 7. The van der Waals surface area contributed by atoms with Gasteiger partial charge in [0.25, 0.3) is 5.91 Å². The fourth-order valence-electron chi connectivity index (χ4n) is 4.75. The van der Waals surface area contributed by atoms with Crippen molar-refractivity contribution in [2.24, 2.45) is 0 Å². The van der Waals surface area contributed by atoms with E-state index in [0.29, 0.717) is 35.6 Å². The maximum Gasteiger partial charge on any atom is 0.326 e. The first-order valence-corrected chi connectivity index (χ1v) is 14.8. The SMILES string of the molecule is O=C1CN(c2c(OCc3ccccc3)cc3ccc(C4CN(S(=O)(=O)C5CC5)C4)cc3c2F)S(=O)(=O)N1. The molecule has 0 unspecified atom stereocenters. The topological polar surface area (TPSA) is 113 Å². The van der Waals surface area contributed by atoms with Crippen LogP contribution >= 0.6 is 0 Å². The van der Waals surface area contributed by atoms with Gasteiger partial charge in [-0.1, -0.05) is 42.5 Å². The molecule has 2 aliphatic heterocycles. The zero-order valence-electron chi connectivity index (χ0n) is 19.6. The minimum Gasteiger partial charge on any atom is -0.487 e. The number of carbonyl (C=O) groups is 1. The summed E-state index contributed by atoms with van der Waals surface area (Å²) in [6.45, 7) is 0.161. The predicted molar refractivity (Wildman–Crippen MR) is 135 cm³/mol. The van der Waals surface area contributed by atoms with Gasteiger partial charge >= 0.3 is 10.2 Å². The molecular formula is C25H24FN3O6S2. The lowest BCUT2D eigenvalue weighted by Crippen LogP contribution is -2.49. The van der Waals surface area contributed by atoms with Crippen molar-refractivity contribution in [1.82, 2.24) is 9.03 Å². The van der Waals surface area contributed by atoms with Crippen LogP contribution < -0.4 is 13.8 Å². The van der Waals surface area contributed by atoms with Crippen LogP contribution in [0.25, 0.3) is 10.8 Å². The van der Waals surface area contributed by atoms with Crippen molar-refractivity contribution < 1.29 is 30.8 Å². The van der Waals surface area contributed by atoms with Crippen molar-refractivity contribution in [2.45, 2.75) is 30.6 Å². The molecule has 3 aromatic carbocycles. The Balaban J connectivity index is 1.37. The second-order valence-electron chi connectivity index (χ2n) is 9.59. The summed E-state index contributed by atoms with van der Waals surface area (Å²) in [7, 11) is -7.55. The quantitative estimate of drug-likeness (QED) is 0.489. The summed E-state index contributed by atoms with van der Waals surface area (Å²) in [4.78, 5) is 11.9. The molecule has 1 N–H and O–H groups in total. The van der Waals surface area contributed by atoms with Crippen LogP contribution in [-0.2, 0) is 31.6 Å². The summed E-state index contributed by atoms with van der Waals surface area (Å²) in [5.74, 6) is -1.70. The van der Waals surface area contributed by atoms with E-state index in [1.807, 2.05) is 41.1 Å². The number of benzene rings is 3. The number of nitrogens with zero attached hydrogens (tertiary/aromatic N) is 2. The van der Waals surface area contributed by atoms with Gasteiger partial charge in [-0.3, -0.25) is 4.79 Å². The molecule has 9 nitrogen and oxygen atoms in total. The minimum atomic E-state index is -4.29. The molecule has 3 fully saturated rings. The van der Waals surface area contributed by atoms with Crippen LogP contribution in [0.2, 0.25) is 0 Å². The van der Waals surface area contributed by atoms with Crippen molar-refractivity contribution in [1.29, 1.82) is 0 Å². The van der Waals surface area contributed by atoms with E-state index in [9.17, 15) is 21.6 Å². The van der Waals surface area contributed by atoms with Gasteiger partial charge in [0.15, 0.2) is 5.82 Å². The number of amides is 1. The van der Waals surface area contributed by atoms with Gasteiger partial charge in [-0.25, -0.2) is 26.1 Å². The summed E-state index contributed by atoms with van der Waals surface area (Å²) in [6, 6.07) is 15.9. The van der Waals surface area contributed by atoms with Gasteiger partial charge in [0, 0.05) is 24.4 Å². The third-order valence-electron chi connectivity index (χ3n) is 6.97. The molecule has 0 aromatic heterocycles. The van der Waals surface area contributed by atoms with Crippen LogP contribution in [0.5, 0.6) is 5.75 Å². The Kier molecular flexibility index (Phi) is 5.66. The lowest BCUT2D eigenvalue weighted by atomic mass is 9.91. The zero-order chi connectivity index (χ0) is 25.9. The number of nitrogens with one attached hydrogen (secondary N) is 1. The van der Waals surface area contributed by atoms with E-state index in [-0.39, 0.29) is 34.6 Å². The van der Waals surface area contributed by atoms with E-state index in [1.54, 1.807) is 18.2 Å². The van der Waals surface area contributed by atoms with Crippen LogP contribution in [0.4, 0.5) is 10.1 Å². The molecule has 2 saturated heterocycles. The van der Waals surface area contributed by atoms with Gasteiger partial charge in [-0.2, -0.15) is 8.42 Å². The highest BCUT2D eigenvalue weighted by Gasteiger charge is 2.45. The number of halogens is 1. The average molecular weight is 546 g/mol. The van der Waals surface area contributed by atoms with E-state index >= 15 is 4.39 Å². The largest absolute Gasteiger partial charge is 0.487 e. The number of anilines is 1. The second-order valence-corrected chi connectivity index (χ2v) is 13.4. The lowest BCUT2D eigenvalue weighted by molar-refractivity contribution is -0.117. The van der Waals surface area contributed by atoms with Gasteiger partial charge in [-0.05, 0) is 41.5 Å². The van der Waals surface area contributed by atoms with Crippen LogP contribution in [0.1, 0.15) is 29.9 Å². The molecule has 3 aromatic rings. The molecular weight excluding hydrogens is 521 g/mol. The highest BCUT2D eigenvalue weighted by Crippen LogP contribution is 2.42. The van der Waals surface area contributed by atoms with Gasteiger partial charge in [0.05, 0.1) is 5.25 Å². The Morgan fingerprint density at radius 3 is 2.43 bits per heavy atom. The lowest BCUT2D eigenvalue weighted by Gasteiger charge is -2.38. The van der Waals surface area contributed by atoms with E-state index in [1.165, 1.54) is 4.31 Å². The fourth-order valence-corrected chi connectivity index (χ4v) is 7.84. The molecule has 1 amide bonds. The molecule has 0 bridgehead atoms. The summed E-state index contributed by atoms with van der Waals surface area (Å²) in [6.07, 6.45) is 1.39. The Bertz CT molecular complexity index is 1620. The average Bonchev–Trinajstić information content (AvgIpc) is 3.64. The second kappa shape index (κ2) is 8.67. The highest BCUT2D eigenvalue weighted by molar-refractivity contribution is 7.92. The molecule has 194 valence electrons. The number of hydrogen-bond donors (Lipinski definition) is 1. The molecule has 3 aliphatic rings. The first kappa shape index (κ1) is 24.1. The molecule has 0 spiro atoms. The van der Waals surface area contributed by atoms with E-state index < -0.39 is 38.5 Å². The fraction of sp³-hybridized carbons (Fsp3) is 0.320. The Labute approximate surface area is 214 Å². The number of carbonyl (C=O) groups excluding carboxylic acids is 1. The van der Waals surface area contributed by atoms with E-state index in [0.717, 1.165) is 11.1 Å². The maximum atomic E-state index is 16.1. The predicted octanol–water partition coefficient (Wildman–Crippen LogP) is 2.63. The van der Waals surface area contributed by atoms with Crippen molar-refractivity contribution in [3.63, 3.8) is 0 Å². The molecule has 6 rings (SSSR count). The van der Waals surface area contributed by atoms with Crippen molar-refractivity contribution >= 4 is 42.6 Å². The number of ether oxygens (including phenoxy) is 1. The Hall–Kier alpha value is -3.22. The molecule has 1 saturated carbocycles. The van der Waals surface area contributed by atoms with Crippen molar-refractivity contribution in [2.75, 3.05) is 23.9 Å². The number of fused-ring (bicyclic) bond motifs is 1. The third-order valence-corrected chi connectivity index (χ3v) is 10.7. The minimum absolute atomic E-state index is 0.00739. The first-order valence-electron chi connectivity index (χ1n) is 11.9. The summed E-state index contributed by atoms with van der Waals surface area (Å²) < 4.78 is 76.1. The van der Waals surface area contributed by atoms with Crippen LogP contribution in [0.3, 0.4) is 0 Å². The van der Waals surface area contributed by atoms with Gasteiger partial charge in [0.2, 0.25) is 10.0 Å². The summed E-state index contributed by atoms with van der Waals surface area (Å²) >= 11 is 0. The van der Waals surface area contributed by atoms with Gasteiger partial charge < -0.3 is 4.74 Å². The molecule has 12 heteroatoms. The first-order chi connectivity index (χ1) is 17.6. The van der Waals surface area contributed by atoms with Crippen LogP contribution in [-0.4, -0.2) is 51.9 Å². The van der Waals surface area contributed by atoms with Crippen molar-refractivity contribution in [3.05, 3.63) is 71.5 Å². The van der Waals surface area contributed by atoms with E-state index in [4.69, 9.17) is 4.74 Å². The monoisotopic (exact) mass is 545 g/mol. The molecule has 0 atom stereocenters. The van der Waals surface area contributed by atoms with Crippen LogP contribution in [0, 0.1) is 5.82 Å². The molecule has 2 heterocycles. The number of sulfonamides is 1. The Morgan fingerprint density at radius 1 is 1.05 bits per heavy atom. The highest BCUT2D eigenvalue weighted by atomic mass is 32.2. The van der Waals surface area contributed by atoms with Crippen molar-refractivity contribution in [3.8, 4) is 5.75 Å². The van der Waals surface area contributed by atoms with Gasteiger partial charge in [0.1, 0.15) is 24.6 Å². The molecule has 1 aliphatic carbocycles. The maximum absolute atomic E-state index is 16.1. The molecule has 0 radical (unpaired) electrons. The Morgan fingerprint density at radius 2 is 1.78 bits per heavy atom. The normalized spacial score (nSPS) is 20.1. The summed E-state index contributed by atoms with van der Waals surface area (Å²) in [5.41, 5.74) is 1.22. The zero-order valence-corrected chi connectivity index (χ0v) is 21.3.